The van der Waals surface area contributed by atoms with Gasteiger partial charge < -0.3 is 0 Å². The van der Waals surface area contributed by atoms with E-state index in [0.29, 0.717) is 0 Å². The third-order valence-corrected chi connectivity index (χ3v) is 3.89. The highest BCUT2D eigenvalue weighted by molar-refractivity contribution is 7.18. The van der Waals surface area contributed by atoms with Crippen LogP contribution < -0.4 is 0 Å². The summed E-state index contributed by atoms with van der Waals surface area (Å²) in [5, 5.41) is 1.30. The molecule has 0 fully saturated rings. The minimum Gasteiger partial charge on any atom is -0.241 e. The molecule has 0 aliphatic carbocycles. The van der Waals surface area contributed by atoms with E-state index >= 15 is 0 Å². The predicted octanol–water partition coefficient (Wildman–Crippen LogP) is 2.01. The van der Waals surface area contributed by atoms with Crippen molar-refractivity contribution in [3.8, 4) is 0 Å². The lowest BCUT2D eigenvalue weighted by Crippen LogP contribution is -1.81. The number of nitrogens with zero attached hydrogens (tertiary/aromatic N) is 1. The first-order valence-electron chi connectivity index (χ1n) is 4.74. The predicted molar refractivity (Wildman–Crippen MR) is 62.7 cm³/mol. The summed E-state index contributed by atoms with van der Waals surface area (Å²) in [4.78, 5) is 4.58. The van der Waals surface area contributed by atoms with Gasteiger partial charge in [0.2, 0.25) is 0 Å². The molecule has 0 aliphatic heterocycles. The summed E-state index contributed by atoms with van der Waals surface area (Å²) in [6.07, 6.45) is 2.48. The number of hydrogen-bond donors (Lipinski definition) is 0. The Bertz CT molecular complexity index is 363. The van der Waals surface area contributed by atoms with Crippen LogP contribution in [0.15, 0.2) is 24.3 Å². The summed E-state index contributed by atoms with van der Waals surface area (Å²) in [6, 6.07) is 9.76. The van der Waals surface area contributed by atoms with Gasteiger partial charge in [-0.3, -0.25) is 0 Å². The van der Waals surface area contributed by atoms with Crippen molar-refractivity contribution in [2.75, 3.05) is 0 Å². The van der Waals surface area contributed by atoms with E-state index in [1.165, 1.54) is 38.8 Å². The van der Waals surface area contributed by atoms with Crippen LogP contribution in [-0.4, -0.2) is 15.2 Å². The third kappa shape index (κ3) is 1.98. The van der Waals surface area contributed by atoms with Gasteiger partial charge in [0.05, 0.1) is 15.2 Å². The first kappa shape index (κ1) is 8.90. The van der Waals surface area contributed by atoms with Crippen molar-refractivity contribution in [2.45, 2.75) is 18.9 Å². The molecule has 0 amide bonds. The van der Waals surface area contributed by atoms with E-state index < -0.39 is 0 Å². The van der Waals surface area contributed by atoms with Gasteiger partial charge in [0, 0.05) is 10.2 Å². The van der Waals surface area contributed by atoms with Crippen molar-refractivity contribution >= 4 is 31.8 Å². The molecule has 13 heavy (non-hydrogen) atoms. The topological polar surface area (TPSA) is 12.9 Å². The number of rotatable bonds is 3. The van der Waals surface area contributed by atoms with Crippen LogP contribution in [0.25, 0.3) is 10.2 Å². The molecule has 0 spiro atoms. The molecule has 2 aromatic rings. The molecule has 0 saturated carbocycles. The van der Waals surface area contributed by atoms with E-state index in [1.807, 2.05) is 11.3 Å². The molecule has 0 aliphatic rings. The van der Waals surface area contributed by atoms with Crippen LogP contribution >= 0.6 is 11.3 Å². The van der Waals surface area contributed by atoms with Crippen LogP contribution in [0.2, 0.25) is 6.04 Å². The van der Waals surface area contributed by atoms with E-state index in [0.717, 1.165) is 5.52 Å². The van der Waals surface area contributed by atoms with E-state index in [9.17, 15) is 0 Å². The van der Waals surface area contributed by atoms with Crippen LogP contribution in [0.1, 0.15) is 11.4 Å². The van der Waals surface area contributed by atoms with Gasteiger partial charge in [0.15, 0.2) is 0 Å². The summed E-state index contributed by atoms with van der Waals surface area (Å²) >= 11 is 1.84. The fraction of sp³-hybridized carbons (Fsp3) is 0.300. The second kappa shape index (κ2) is 4.02. The summed E-state index contributed by atoms with van der Waals surface area (Å²) in [5.41, 5.74) is 1.16. The Labute approximate surface area is 85.2 Å². The van der Waals surface area contributed by atoms with Crippen LogP contribution in [0, 0.1) is 0 Å². The van der Waals surface area contributed by atoms with Gasteiger partial charge in [-0.05, 0) is 18.6 Å². The minimum atomic E-state index is 1.16. The van der Waals surface area contributed by atoms with Gasteiger partial charge in [-0.2, -0.15) is 0 Å². The van der Waals surface area contributed by atoms with Gasteiger partial charge in [-0.15, -0.1) is 11.3 Å². The van der Waals surface area contributed by atoms with Crippen molar-refractivity contribution in [3.05, 3.63) is 29.3 Å². The highest BCUT2D eigenvalue weighted by Gasteiger charge is 2.01. The molecular formula is C10H13NSSi. The van der Waals surface area contributed by atoms with Gasteiger partial charge >= 0.3 is 0 Å². The van der Waals surface area contributed by atoms with Crippen LogP contribution in [0.4, 0.5) is 0 Å². The average Bonchev–Trinajstić information content (AvgIpc) is 2.57. The van der Waals surface area contributed by atoms with Crippen LogP contribution in [-0.2, 0) is 6.42 Å². The van der Waals surface area contributed by atoms with Gasteiger partial charge in [0.25, 0.3) is 0 Å². The second-order valence-corrected chi connectivity index (χ2v) is 5.29. The lowest BCUT2D eigenvalue weighted by Gasteiger charge is -1.89. The summed E-state index contributed by atoms with van der Waals surface area (Å²) in [5.74, 6) is 0. The zero-order valence-corrected chi connectivity index (χ0v) is 10.6. The molecule has 0 unspecified atom stereocenters. The number of para-hydroxylation sites is 1. The number of hydrogen-bond acceptors (Lipinski definition) is 2. The Hall–Kier alpha value is -0.673. The number of thiazole rings is 1. The minimum absolute atomic E-state index is 1.16. The first-order chi connectivity index (χ1) is 6.40. The largest absolute Gasteiger partial charge is 0.241 e. The maximum absolute atomic E-state index is 4.58. The molecule has 0 radical (unpaired) electrons. The zero-order valence-electron chi connectivity index (χ0n) is 7.79. The monoisotopic (exact) mass is 207 g/mol. The second-order valence-electron chi connectivity index (χ2n) is 3.18. The maximum atomic E-state index is 4.58. The molecule has 0 bridgehead atoms. The van der Waals surface area contributed by atoms with Crippen molar-refractivity contribution in [1.82, 2.24) is 4.98 Å². The average molecular weight is 207 g/mol. The molecule has 0 saturated heterocycles. The van der Waals surface area contributed by atoms with Crippen molar-refractivity contribution in [3.63, 3.8) is 0 Å². The standard InChI is InChI=1S/C10H13NSSi/c13-7-3-6-10-11-8-4-1-2-5-9(8)12-10/h1-2,4-5H,3,6-7H2,13H3. The first-order valence-corrected chi connectivity index (χ1v) is 6.97. The molecule has 2 rings (SSSR count). The Morgan fingerprint density at radius 2 is 2.15 bits per heavy atom. The van der Waals surface area contributed by atoms with E-state index in [-0.39, 0.29) is 0 Å². The summed E-state index contributed by atoms with van der Waals surface area (Å²) in [7, 11) is 1.32. The Morgan fingerprint density at radius 1 is 1.31 bits per heavy atom. The van der Waals surface area contributed by atoms with Crippen molar-refractivity contribution in [1.29, 1.82) is 0 Å². The van der Waals surface area contributed by atoms with Crippen LogP contribution in [0.5, 0.6) is 0 Å². The molecule has 0 N–H and O–H groups in total. The smallest absolute Gasteiger partial charge is 0.0938 e. The van der Waals surface area contributed by atoms with E-state index in [1.54, 1.807) is 0 Å². The number of aryl methyl sites for hydroxylation is 1. The van der Waals surface area contributed by atoms with E-state index in [4.69, 9.17) is 0 Å². The lowest BCUT2D eigenvalue weighted by molar-refractivity contribution is 0.910. The highest BCUT2D eigenvalue weighted by Crippen LogP contribution is 2.22. The Kier molecular flexibility index (Phi) is 2.76. The molecule has 1 nitrogen and oxygen atoms in total. The molecule has 3 heteroatoms. The quantitative estimate of drug-likeness (QED) is 0.702. The normalized spacial score (nSPS) is 11.1. The summed E-state index contributed by atoms with van der Waals surface area (Å²) < 4.78 is 1.32. The SMILES string of the molecule is [SiH3]CCCc1nc2ccccc2s1. The molecule has 1 aromatic carbocycles. The number of benzene rings is 1. The van der Waals surface area contributed by atoms with E-state index in [2.05, 4.69) is 29.2 Å². The fourth-order valence-electron chi connectivity index (χ4n) is 1.35. The van der Waals surface area contributed by atoms with Gasteiger partial charge in [-0.1, -0.05) is 24.6 Å². The van der Waals surface area contributed by atoms with Crippen molar-refractivity contribution < 1.29 is 0 Å². The Balaban J connectivity index is 2.28. The number of fused-ring (bicyclic) bond motifs is 1. The summed E-state index contributed by atoms with van der Waals surface area (Å²) in [6.45, 7) is 0. The third-order valence-electron chi connectivity index (χ3n) is 2.08. The number of aromatic nitrogens is 1. The zero-order chi connectivity index (χ0) is 9.10. The molecule has 68 valence electrons. The molecule has 0 atom stereocenters. The van der Waals surface area contributed by atoms with Crippen LogP contribution in [0.3, 0.4) is 0 Å². The highest BCUT2D eigenvalue weighted by atomic mass is 32.1. The fourth-order valence-corrected chi connectivity index (χ4v) is 2.72. The lowest BCUT2D eigenvalue weighted by atomic mass is 10.3. The van der Waals surface area contributed by atoms with Gasteiger partial charge in [-0.25, -0.2) is 4.98 Å². The van der Waals surface area contributed by atoms with Gasteiger partial charge in [0.1, 0.15) is 0 Å². The molecule has 1 heterocycles. The molecular weight excluding hydrogens is 194 g/mol. The maximum Gasteiger partial charge on any atom is 0.0938 e. The Morgan fingerprint density at radius 3 is 2.92 bits per heavy atom. The molecule has 1 aromatic heterocycles. The van der Waals surface area contributed by atoms with Crippen molar-refractivity contribution in [2.24, 2.45) is 0 Å².